The predicted molar refractivity (Wildman–Crippen MR) is 85.3 cm³/mol. The van der Waals surface area contributed by atoms with Gasteiger partial charge in [0.1, 0.15) is 0 Å². The number of carbonyl (C=O) groups excluding carboxylic acids is 1. The lowest BCUT2D eigenvalue weighted by molar-refractivity contribution is -0.316. The van der Waals surface area contributed by atoms with Gasteiger partial charge < -0.3 is 14.2 Å². The van der Waals surface area contributed by atoms with Crippen molar-refractivity contribution in [1.82, 2.24) is 0 Å². The largest absolute Gasteiger partial charge is 0.469 e. The fourth-order valence-corrected chi connectivity index (χ4v) is 3.26. The third-order valence-electron chi connectivity index (χ3n) is 4.55. The van der Waals surface area contributed by atoms with E-state index in [1.165, 1.54) is 7.11 Å². The number of hydrogen-bond donors (Lipinski definition) is 0. The molecule has 1 aliphatic carbocycles. The molecule has 0 N–H and O–H groups in total. The molecule has 0 unspecified atom stereocenters. The fourth-order valence-electron chi connectivity index (χ4n) is 3.26. The molecule has 2 aliphatic rings. The van der Waals surface area contributed by atoms with Crippen molar-refractivity contribution < 1.29 is 21.7 Å². The average Bonchev–Trinajstić information content (AvgIpc) is 2.89. The minimum absolute atomic E-state index is 0.0471. The SMILES string of the molecule is [2H]C([2H])(C(=O)OC)[C@H]1CCC2(OCC(C)(C)CO2)[C@@H]1C/C=C\CC. The van der Waals surface area contributed by atoms with Gasteiger partial charge in [-0.15, -0.1) is 0 Å². The number of carbonyl (C=O) groups is 1. The van der Waals surface area contributed by atoms with Crippen molar-refractivity contribution in [2.24, 2.45) is 17.3 Å². The maximum absolute atomic E-state index is 12.0. The van der Waals surface area contributed by atoms with Crippen LogP contribution in [0.5, 0.6) is 0 Å². The van der Waals surface area contributed by atoms with Crippen LogP contribution in [0.15, 0.2) is 12.2 Å². The lowest BCUT2D eigenvalue weighted by Gasteiger charge is -2.45. The lowest BCUT2D eigenvalue weighted by Crippen LogP contribution is -2.50. The van der Waals surface area contributed by atoms with Gasteiger partial charge in [0.25, 0.3) is 0 Å². The molecule has 1 heterocycles. The van der Waals surface area contributed by atoms with E-state index in [1.807, 2.05) is 6.08 Å². The van der Waals surface area contributed by atoms with Crippen LogP contribution in [0.25, 0.3) is 0 Å². The van der Waals surface area contributed by atoms with E-state index < -0.39 is 24.0 Å². The summed E-state index contributed by atoms with van der Waals surface area (Å²) in [5.41, 5.74) is -0.0471. The molecule has 126 valence electrons. The zero-order valence-corrected chi connectivity index (χ0v) is 14.2. The van der Waals surface area contributed by atoms with E-state index >= 15 is 0 Å². The van der Waals surface area contributed by atoms with Gasteiger partial charge in [-0.1, -0.05) is 32.9 Å². The van der Waals surface area contributed by atoms with E-state index in [2.05, 4.69) is 26.8 Å². The first-order chi connectivity index (χ1) is 11.2. The number of ether oxygens (including phenoxy) is 3. The molecule has 0 aromatic rings. The first-order valence-corrected chi connectivity index (χ1v) is 8.20. The highest BCUT2D eigenvalue weighted by Gasteiger charge is 2.53. The van der Waals surface area contributed by atoms with Crippen LogP contribution in [-0.2, 0) is 19.0 Å². The fraction of sp³-hybridized carbons (Fsp3) is 0.833. The van der Waals surface area contributed by atoms with Crippen LogP contribution in [0.2, 0.25) is 0 Å². The Morgan fingerprint density at radius 1 is 1.36 bits per heavy atom. The Bertz CT molecular complexity index is 477. The molecule has 1 spiro atoms. The number of hydrogen-bond acceptors (Lipinski definition) is 4. The maximum Gasteiger partial charge on any atom is 0.305 e. The number of allylic oxidation sites excluding steroid dienone is 2. The van der Waals surface area contributed by atoms with Crippen LogP contribution >= 0.6 is 0 Å². The molecule has 22 heavy (non-hydrogen) atoms. The molecule has 0 aromatic carbocycles. The van der Waals surface area contributed by atoms with Crippen molar-refractivity contribution in [1.29, 1.82) is 0 Å². The van der Waals surface area contributed by atoms with Crippen LogP contribution < -0.4 is 0 Å². The zero-order valence-electron chi connectivity index (χ0n) is 16.2. The molecule has 2 fully saturated rings. The summed E-state index contributed by atoms with van der Waals surface area (Å²) in [5.74, 6) is -2.29. The van der Waals surface area contributed by atoms with Crippen LogP contribution in [0.3, 0.4) is 0 Å². The van der Waals surface area contributed by atoms with Gasteiger partial charge in [-0.25, -0.2) is 0 Å². The summed E-state index contributed by atoms with van der Waals surface area (Å²) in [7, 11) is 1.23. The van der Waals surface area contributed by atoms with Crippen molar-refractivity contribution in [2.45, 2.75) is 58.6 Å². The van der Waals surface area contributed by atoms with Crippen molar-refractivity contribution in [3.8, 4) is 0 Å². The Hall–Kier alpha value is -0.870. The van der Waals surface area contributed by atoms with Crippen molar-refractivity contribution in [3.05, 3.63) is 12.2 Å². The first-order valence-electron chi connectivity index (χ1n) is 9.20. The predicted octanol–water partition coefficient (Wildman–Crippen LogP) is 3.70. The van der Waals surface area contributed by atoms with Gasteiger partial charge in [-0.2, -0.15) is 0 Å². The Labute approximate surface area is 137 Å². The minimum atomic E-state index is -2.04. The second-order valence-electron chi connectivity index (χ2n) is 7.06. The zero-order chi connectivity index (χ0) is 18.0. The lowest BCUT2D eigenvalue weighted by atomic mass is 9.85. The Kier molecular flexibility index (Phi) is 4.77. The molecule has 0 radical (unpaired) electrons. The van der Waals surface area contributed by atoms with E-state index in [1.54, 1.807) is 0 Å². The number of methoxy groups -OCH3 is 1. The molecular weight excluding hydrogens is 280 g/mol. The van der Waals surface area contributed by atoms with E-state index in [-0.39, 0.29) is 11.3 Å². The summed E-state index contributed by atoms with van der Waals surface area (Å²) in [5, 5.41) is 0. The molecule has 0 aromatic heterocycles. The molecule has 0 amide bonds. The quantitative estimate of drug-likeness (QED) is 0.573. The van der Waals surface area contributed by atoms with Gasteiger partial charge in [-0.05, 0) is 25.2 Å². The third kappa shape index (κ3) is 3.90. The van der Waals surface area contributed by atoms with Gasteiger partial charge in [0.2, 0.25) is 0 Å². The number of rotatable bonds is 5. The molecule has 0 bridgehead atoms. The normalized spacial score (nSPS) is 32.0. The third-order valence-corrected chi connectivity index (χ3v) is 4.55. The van der Waals surface area contributed by atoms with Crippen LogP contribution in [-0.4, -0.2) is 32.1 Å². The van der Waals surface area contributed by atoms with Gasteiger partial charge >= 0.3 is 5.97 Å². The summed E-state index contributed by atoms with van der Waals surface area (Å²) in [6.07, 6.45) is 4.78. The van der Waals surface area contributed by atoms with Gasteiger partial charge in [0.15, 0.2) is 5.79 Å². The minimum Gasteiger partial charge on any atom is -0.469 e. The highest BCUT2D eigenvalue weighted by Crippen LogP contribution is 2.50. The second kappa shape index (κ2) is 7.14. The molecule has 4 heteroatoms. The summed E-state index contributed by atoms with van der Waals surface area (Å²) in [4.78, 5) is 12.0. The van der Waals surface area contributed by atoms with Crippen LogP contribution in [0.4, 0.5) is 0 Å². The average molecular weight is 312 g/mol. The first kappa shape index (κ1) is 14.7. The molecule has 2 rings (SSSR count). The molecule has 1 saturated carbocycles. The summed E-state index contributed by atoms with van der Waals surface area (Å²) in [6, 6.07) is 0. The standard InChI is InChI=1S/C18H30O4/c1-5-6-7-8-15-14(11-16(19)20-4)9-10-18(15)21-12-17(2,3)13-22-18/h6-7,14-15H,5,8-13H2,1-4H3/b7-6-/t14-,15-/m1/s1/i11D2. The highest BCUT2D eigenvalue weighted by molar-refractivity contribution is 5.69. The van der Waals surface area contributed by atoms with E-state index in [0.717, 1.165) is 6.42 Å². The molecule has 2 atom stereocenters. The monoisotopic (exact) mass is 312 g/mol. The van der Waals surface area contributed by atoms with Gasteiger partial charge in [-0.3, -0.25) is 4.79 Å². The Morgan fingerprint density at radius 2 is 2.05 bits per heavy atom. The molecule has 1 aliphatic heterocycles. The topological polar surface area (TPSA) is 44.8 Å². The maximum atomic E-state index is 12.0. The summed E-state index contributed by atoms with van der Waals surface area (Å²) in [6.45, 7) is 7.39. The summed E-state index contributed by atoms with van der Waals surface area (Å²) >= 11 is 0. The van der Waals surface area contributed by atoms with Crippen molar-refractivity contribution >= 4 is 5.97 Å². The van der Waals surface area contributed by atoms with Gasteiger partial charge in [0, 0.05) is 26.9 Å². The molecule has 1 saturated heterocycles. The van der Waals surface area contributed by atoms with Gasteiger partial charge in [0.05, 0.1) is 20.3 Å². The van der Waals surface area contributed by atoms with E-state index in [9.17, 15) is 4.79 Å². The Balaban J connectivity index is 2.26. The highest BCUT2D eigenvalue weighted by atomic mass is 16.7. The Morgan fingerprint density at radius 3 is 2.64 bits per heavy atom. The number of esters is 1. The molecule has 4 nitrogen and oxygen atoms in total. The van der Waals surface area contributed by atoms with Crippen molar-refractivity contribution in [3.63, 3.8) is 0 Å². The smallest absolute Gasteiger partial charge is 0.305 e. The van der Waals surface area contributed by atoms with E-state index in [4.69, 9.17) is 17.0 Å². The van der Waals surface area contributed by atoms with Crippen LogP contribution in [0, 0.1) is 17.3 Å². The van der Waals surface area contributed by atoms with Crippen molar-refractivity contribution in [2.75, 3.05) is 20.3 Å². The second-order valence-corrected chi connectivity index (χ2v) is 7.06. The summed E-state index contributed by atoms with van der Waals surface area (Å²) < 4.78 is 33.5. The molecular formula is C18H30O4. The van der Waals surface area contributed by atoms with Crippen LogP contribution in [0.1, 0.15) is 55.6 Å². The van der Waals surface area contributed by atoms with E-state index in [0.29, 0.717) is 32.5 Å².